The number of carbonyl (C=O) groups excluding carboxylic acids is 1. The van der Waals surface area contributed by atoms with Gasteiger partial charge >= 0.3 is 0 Å². The molecule has 21 heavy (non-hydrogen) atoms. The number of amides is 1. The molecular weight excluding hydrogens is 317 g/mol. The minimum Gasteiger partial charge on any atom is -0.353 e. The van der Waals surface area contributed by atoms with Crippen LogP contribution >= 0.6 is 11.6 Å². The average molecular weight is 336 g/mol. The van der Waals surface area contributed by atoms with Gasteiger partial charge in [0.25, 0.3) is 0 Å². The van der Waals surface area contributed by atoms with E-state index in [1.165, 1.54) is 12.1 Å². The van der Waals surface area contributed by atoms with Crippen molar-refractivity contribution in [3.05, 3.63) is 34.6 Å². The van der Waals surface area contributed by atoms with Crippen molar-refractivity contribution in [2.45, 2.75) is 32.6 Å². The van der Waals surface area contributed by atoms with Crippen LogP contribution in [0.3, 0.4) is 0 Å². The Balaban J connectivity index is 2.77. The zero-order valence-electron chi connectivity index (χ0n) is 12.2. The van der Waals surface area contributed by atoms with Crippen molar-refractivity contribution in [1.82, 2.24) is 5.32 Å². The van der Waals surface area contributed by atoms with Gasteiger partial charge in [0.1, 0.15) is 11.6 Å². The predicted octanol–water partition coefficient (Wildman–Crippen LogP) is 2.55. The van der Waals surface area contributed by atoms with Crippen LogP contribution in [-0.2, 0) is 20.4 Å². The zero-order chi connectivity index (χ0) is 16.2. The molecule has 1 amide bonds. The van der Waals surface area contributed by atoms with Crippen LogP contribution in [0.15, 0.2) is 18.2 Å². The lowest BCUT2D eigenvalue weighted by Crippen LogP contribution is -2.39. The molecule has 7 heteroatoms. The average Bonchev–Trinajstić information content (AvgIpc) is 2.33. The summed E-state index contributed by atoms with van der Waals surface area (Å²) in [4.78, 5) is 11.7. The maximum atomic E-state index is 13.6. The molecule has 0 saturated carbocycles. The van der Waals surface area contributed by atoms with Crippen LogP contribution in [0.2, 0.25) is 5.02 Å². The molecule has 0 radical (unpaired) electrons. The van der Waals surface area contributed by atoms with Crippen molar-refractivity contribution >= 4 is 27.3 Å². The summed E-state index contributed by atoms with van der Waals surface area (Å²) in [6, 6.07) is 3.81. The second kappa shape index (κ2) is 7.22. The number of sulfone groups is 1. The number of carbonyl (C=O) groups is 1. The topological polar surface area (TPSA) is 63.2 Å². The fraction of sp³-hybridized carbons (Fsp3) is 0.500. The number of rotatable bonds is 6. The molecule has 1 aromatic rings. The molecule has 0 heterocycles. The number of nitrogens with one attached hydrogen (secondary N) is 1. The Morgan fingerprint density at radius 1 is 1.33 bits per heavy atom. The monoisotopic (exact) mass is 335 g/mol. The van der Waals surface area contributed by atoms with Crippen LogP contribution in [0.25, 0.3) is 0 Å². The van der Waals surface area contributed by atoms with Crippen LogP contribution in [0.5, 0.6) is 0 Å². The summed E-state index contributed by atoms with van der Waals surface area (Å²) in [5, 5.41) is 2.64. The fourth-order valence-corrected chi connectivity index (χ4v) is 3.23. The highest BCUT2D eigenvalue weighted by Gasteiger charge is 2.22. The summed E-state index contributed by atoms with van der Waals surface area (Å²) >= 11 is 5.79. The van der Waals surface area contributed by atoms with E-state index in [9.17, 15) is 17.6 Å². The minimum absolute atomic E-state index is 0.0366. The van der Waals surface area contributed by atoms with E-state index in [-0.39, 0.29) is 22.5 Å². The molecule has 1 rings (SSSR count). The maximum absolute atomic E-state index is 13.6. The van der Waals surface area contributed by atoms with E-state index in [1.807, 2.05) is 13.8 Å². The summed E-state index contributed by atoms with van der Waals surface area (Å²) in [6.07, 6.45) is 0. The van der Waals surface area contributed by atoms with Gasteiger partial charge in [-0.25, -0.2) is 12.8 Å². The first-order valence-corrected chi connectivity index (χ1v) is 8.75. The molecule has 1 aromatic carbocycles. The molecule has 0 spiro atoms. The molecule has 1 unspecified atom stereocenters. The third-order valence-corrected chi connectivity index (χ3v) is 4.95. The lowest BCUT2D eigenvalue weighted by Gasteiger charge is -2.17. The maximum Gasteiger partial charge on any atom is 0.235 e. The Morgan fingerprint density at radius 3 is 2.48 bits per heavy atom. The molecule has 0 bridgehead atoms. The largest absolute Gasteiger partial charge is 0.353 e. The van der Waals surface area contributed by atoms with Gasteiger partial charge < -0.3 is 5.32 Å². The minimum atomic E-state index is -3.79. The molecule has 118 valence electrons. The van der Waals surface area contributed by atoms with Crippen LogP contribution < -0.4 is 5.32 Å². The lowest BCUT2D eigenvalue weighted by atomic mass is 10.1. The Hall–Kier alpha value is -1.14. The fourth-order valence-electron chi connectivity index (χ4n) is 1.60. The van der Waals surface area contributed by atoms with E-state index in [2.05, 4.69) is 5.32 Å². The predicted molar refractivity (Wildman–Crippen MR) is 81.3 cm³/mol. The molecule has 4 nitrogen and oxygen atoms in total. The SMILES string of the molecule is CC(C)C(C)NC(=O)CS(=O)(=O)Cc1c(F)cccc1Cl. The summed E-state index contributed by atoms with van der Waals surface area (Å²) in [5.74, 6) is -2.38. The van der Waals surface area contributed by atoms with Crippen LogP contribution in [0, 0.1) is 11.7 Å². The van der Waals surface area contributed by atoms with Crippen LogP contribution in [0.1, 0.15) is 26.3 Å². The van der Waals surface area contributed by atoms with Gasteiger partial charge in [0.05, 0.1) is 5.75 Å². The Morgan fingerprint density at radius 2 is 1.95 bits per heavy atom. The second-order valence-corrected chi connectivity index (χ2v) is 7.80. The van der Waals surface area contributed by atoms with Gasteiger partial charge in [-0.2, -0.15) is 0 Å². The van der Waals surface area contributed by atoms with Gasteiger partial charge in [-0.05, 0) is 25.0 Å². The molecule has 0 aliphatic heterocycles. The third-order valence-electron chi connectivity index (χ3n) is 3.17. The third kappa shape index (κ3) is 5.63. The molecule has 0 aliphatic carbocycles. The lowest BCUT2D eigenvalue weighted by molar-refractivity contribution is -0.119. The summed E-state index contributed by atoms with van der Waals surface area (Å²) in [6.45, 7) is 5.63. The highest BCUT2D eigenvalue weighted by atomic mass is 35.5. The Kier molecular flexibility index (Phi) is 6.16. The molecule has 0 aromatic heterocycles. The van der Waals surface area contributed by atoms with Gasteiger partial charge in [-0.3, -0.25) is 4.79 Å². The van der Waals surface area contributed by atoms with Gasteiger partial charge in [-0.1, -0.05) is 31.5 Å². The van der Waals surface area contributed by atoms with Crippen LogP contribution in [0.4, 0.5) is 4.39 Å². The molecule has 0 saturated heterocycles. The van der Waals surface area contributed by atoms with Crippen molar-refractivity contribution in [3.8, 4) is 0 Å². The van der Waals surface area contributed by atoms with Crippen molar-refractivity contribution in [2.24, 2.45) is 5.92 Å². The van der Waals surface area contributed by atoms with Gasteiger partial charge in [-0.15, -0.1) is 0 Å². The van der Waals surface area contributed by atoms with Crippen molar-refractivity contribution in [2.75, 3.05) is 5.75 Å². The molecule has 0 fully saturated rings. The van der Waals surface area contributed by atoms with Crippen molar-refractivity contribution in [3.63, 3.8) is 0 Å². The van der Waals surface area contributed by atoms with Crippen LogP contribution in [-0.4, -0.2) is 26.1 Å². The van der Waals surface area contributed by atoms with Gasteiger partial charge in [0, 0.05) is 16.6 Å². The summed E-state index contributed by atoms with van der Waals surface area (Å²) in [7, 11) is -3.79. The smallest absolute Gasteiger partial charge is 0.235 e. The Bertz CT molecular complexity index is 596. The first-order valence-electron chi connectivity index (χ1n) is 6.55. The number of halogens is 2. The highest BCUT2D eigenvalue weighted by molar-refractivity contribution is 7.91. The summed E-state index contributed by atoms with van der Waals surface area (Å²) < 4.78 is 37.5. The van der Waals surface area contributed by atoms with E-state index in [1.54, 1.807) is 6.92 Å². The quantitative estimate of drug-likeness (QED) is 0.869. The number of benzene rings is 1. The first-order chi connectivity index (χ1) is 9.62. The molecule has 1 N–H and O–H groups in total. The highest BCUT2D eigenvalue weighted by Crippen LogP contribution is 2.21. The first kappa shape index (κ1) is 17.9. The molecular formula is C14H19ClFNO3S. The van der Waals surface area contributed by atoms with Crippen molar-refractivity contribution < 1.29 is 17.6 Å². The normalized spacial score (nSPS) is 13.2. The summed E-state index contributed by atoms with van der Waals surface area (Å²) in [5.41, 5.74) is -0.108. The van der Waals surface area contributed by atoms with Crippen molar-refractivity contribution in [1.29, 1.82) is 0 Å². The zero-order valence-corrected chi connectivity index (χ0v) is 13.8. The number of hydrogen-bond donors (Lipinski definition) is 1. The molecule has 0 aliphatic rings. The standard InChI is InChI=1S/C14H19ClFNO3S/c1-9(2)10(3)17-14(18)8-21(19,20)7-11-12(15)5-4-6-13(11)16/h4-6,9-10H,7-8H2,1-3H3,(H,17,18). The van der Waals surface area contributed by atoms with Gasteiger partial charge in [0.2, 0.25) is 5.91 Å². The van der Waals surface area contributed by atoms with E-state index < -0.39 is 33.1 Å². The Labute approximate surface area is 129 Å². The molecule has 1 atom stereocenters. The van der Waals surface area contributed by atoms with E-state index >= 15 is 0 Å². The van der Waals surface area contributed by atoms with Gasteiger partial charge in [0.15, 0.2) is 9.84 Å². The van der Waals surface area contributed by atoms with E-state index in [4.69, 9.17) is 11.6 Å². The second-order valence-electron chi connectivity index (χ2n) is 5.33. The number of hydrogen-bond acceptors (Lipinski definition) is 3. The van der Waals surface area contributed by atoms with E-state index in [0.29, 0.717) is 0 Å². The van der Waals surface area contributed by atoms with E-state index in [0.717, 1.165) is 6.07 Å².